The third-order valence-corrected chi connectivity index (χ3v) is 4.25. The predicted molar refractivity (Wildman–Crippen MR) is 78.8 cm³/mol. The van der Waals surface area contributed by atoms with Crippen LogP contribution >= 0.6 is 0 Å². The van der Waals surface area contributed by atoms with Gasteiger partial charge in [-0.3, -0.25) is 18.5 Å². The molecule has 0 bridgehead atoms. The van der Waals surface area contributed by atoms with Gasteiger partial charge in [-0.2, -0.15) is 25.3 Å². The molecule has 0 aromatic carbocycles. The van der Waals surface area contributed by atoms with Crippen LogP contribution in [-0.2, 0) is 53.3 Å². The largest absolute Gasteiger partial charge is 0.397 e. The van der Waals surface area contributed by atoms with Gasteiger partial charge in [0.05, 0.1) is 6.61 Å². The predicted octanol–water partition coefficient (Wildman–Crippen LogP) is -3.60. The molecule has 0 aromatic rings. The van der Waals surface area contributed by atoms with E-state index in [1.807, 2.05) is 5.32 Å². The Bertz CT molecular complexity index is 847. The van der Waals surface area contributed by atoms with Crippen LogP contribution < -0.4 is 5.32 Å². The van der Waals surface area contributed by atoms with Gasteiger partial charge in [0.15, 0.2) is 6.29 Å². The van der Waals surface area contributed by atoms with E-state index in [2.05, 4.69) is 12.5 Å². The summed E-state index contributed by atoms with van der Waals surface area (Å²) >= 11 is 0. The summed E-state index contributed by atoms with van der Waals surface area (Å²) in [6.45, 7) is -0.350. The summed E-state index contributed by atoms with van der Waals surface area (Å²) in [6, 6.07) is -1.88. The first-order valence-electron chi connectivity index (χ1n) is 6.52. The molecule has 0 radical (unpaired) electrons. The topological polar surface area (TPSA) is 249 Å². The summed E-state index contributed by atoms with van der Waals surface area (Å²) in [6.07, 6.45) is -8.70. The fourth-order valence-electron chi connectivity index (χ4n) is 2.11. The Kier molecular flexibility index (Phi) is 7.63. The van der Waals surface area contributed by atoms with Gasteiger partial charge < -0.3 is 15.2 Å². The molecule has 1 rings (SSSR count). The molecule has 1 saturated heterocycles. The summed E-state index contributed by atoms with van der Waals surface area (Å²) in [5.41, 5.74) is 0. The van der Waals surface area contributed by atoms with Crippen molar-refractivity contribution in [3.63, 3.8) is 0 Å². The van der Waals surface area contributed by atoms with Gasteiger partial charge in [0.1, 0.15) is 24.4 Å². The molecule has 27 heavy (non-hydrogen) atoms. The molecule has 1 fully saturated rings. The van der Waals surface area contributed by atoms with Gasteiger partial charge in [-0.25, -0.2) is 12.5 Å². The molecule has 19 heteroatoms. The molecule has 1 aliphatic rings. The van der Waals surface area contributed by atoms with Crippen LogP contribution in [0.4, 0.5) is 0 Å². The standard InChI is InChI=1S/C8H15NO15S3/c1-3(10)9-5-7(24-27(18,19)20)6(23-26(15,16)17)4(22-8(5)11)2-21-25(12,13)14/h4-8,11H,2H2,1H3,(H,9,10)(H,12,13,14)(H,15,16,17)(H,18,19,20). The minimum absolute atomic E-state index is 0.898. The van der Waals surface area contributed by atoms with E-state index >= 15 is 0 Å². The summed E-state index contributed by atoms with van der Waals surface area (Å²) in [4.78, 5) is 11.2. The summed E-state index contributed by atoms with van der Waals surface area (Å²) in [5.74, 6) is -0.898. The lowest BCUT2D eigenvalue weighted by molar-refractivity contribution is -0.242. The van der Waals surface area contributed by atoms with Gasteiger partial charge in [0, 0.05) is 6.92 Å². The average molecular weight is 461 g/mol. The molecule has 0 aromatic heterocycles. The second-order valence-corrected chi connectivity index (χ2v) is 8.17. The van der Waals surface area contributed by atoms with Crippen LogP contribution in [-0.4, -0.2) is 87.2 Å². The Morgan fingerprint density at radius 1 is 0.963 bits per heavy atom. The number of carbonyl (C=O) groups is 1. The minimum atomic E-state index is -5.37. The highest BCUT2D eigenvalue weighted by Gasteiger charge is 2.51. The molecule has 0 spiro atoms. The number of amides is 1. The van der Waals surface area contributed by atoms with Gasteiger partial charge in [-0.05, 0) is 0 Å². The van der Waals surface area contributed by atoms with Gasteiger partial charge in [-0.1, -0.05) is 0 Å². The zero-order valence-corrected chi connectivity index (χ0v) is 15.5. The molecule has 160 valence electrons. The van der Waals surface area contributed by atoms with Crippen LogP contribution in [0, 0.1) is 0 Å². The summed E-state index contributed by atoms with van der Waals surface area (Å²) < 4.78 is 109. The molecule has 1 amide bonds. The summed E-state index contributed by atoms with van der Waals surface area (Å²) in [5, 5.41) is 11.8. The molecule has 0 aliphatic carbocycles. The van der Waals surface area contributed by atoms with Crippen molar-refractivity contribution in [2.75, 3.05) is 6.61 Å². The van der Waals surface area contributed by atoms with E-state index in [0.717, 1.165) is 6.92 Å². The first-order valence-corrected chi connectivity index (χ1v) is 10.6. The lowest BCUT2D eigenvalue weighted by Gasteiger charge is -2.42. The van der Waals surface area contributed by atoms with Crippen LogP contribution in [0.25, 0.3) is 0 Å². The fraction of sp³-hybridized carbons (Fsp3) is 0.875. The number of aliphatic hydroxyl groups is 1. The van der Waals surface area contributed by atoms with Gasteiger partial charge in [0.25, 0.3) is 0 Å². The first kappa shape index (κ1) is 24.0. The Hall–Kier alpha value is -1.00. The molecule has 5 unspecified atom stereocenters. The monoisotopic (exact) mass is 461 g/mol. The molecular formula is C8H15NO15S3. The van der Waals surface area contributed by atoms with E-state index in [1.54, 1.807) is 0 Å². The van der Waals surface area contributed by atoms with E-state index in [9.17, 15) is 35.2 Å². The molecule has 16 nitrogen and oxygen atoms in total. The Balaban J connectivity index is 3.34. The third kappa shape index (κ3) is 8.69. The fourth-order valence-corrected chi connectivity index (χ4v) is 3.44. The first-order chi connectivity index (χ1) is 12.0. The normalized spacial score (nSPS) is 30.0. The van der Waals surface area contributed by atoms with Crippen molar-refractivity contribution in [2.24, 2.45) is 0 Å². The van der Waals surface area contributed by atoms with Gasteiger partial charge in [0.2, 0.25) is 5.91 Å². The number of hydrogen-bond acceptors (Lipinski definition) is 12. The van der Waals surface area contributed by atoms with E-state index in [4.69, 9.17) is 18.4 Å². The Morgan fingerprint density at radius 2 is 1.44 bits per heavy atom. The molecule has 5 N–H and O–H groups in total. The van der Waals surface area contributed by atoms with Crippen molar-refractivity contribution in [2.45, 2.75) is 37.6 Å². The van der Waals surface area contributed by atoms with E-state index in [-0.39, 0.29) is 0 Å². The number of carbonyl (C=O) groups excluding carboxylic acids is 1. The number of hydrogen-bond donors (Lipinski definition) is 5. The van der Waals surface area contributed by atoms with Crippen molar-refractivity contribution in [1.29, 1.82) is 0 Å². The quantitative estimate of drug-likeness (QED) is 0.219. The number of aliphatic hydroxyl groups excluding tert-OH is 1. The third-order valence-electron chi connectivity index (χ3n) is 2.88. The highest BCUT2D eigenvalue weighted by molar-refractivity contribution is 7.81. The molecule has 0 saturated carbocycles. The molecular weight excluding hydrogens is 446 g/mol. The molecule has 1 heterocycles. The summed E-state index contributed by atoms with van der Waals surface area (Å²) in [7, 11) is -15.8. The Labute approximate surface area is 153 Å². The van der Waals surface area contributed by atoms with Crippen molar-refractivity contribution in [3.05, 3.63) is 0 Å². The van der Waals surface area contributed by atoms with Crippen molar-refractivity contribution in [1.82, 2.24) is 5.32 Å². The van der Waals surface area contributed by atoms with Gasteiger partial charge >= 0.3 is 31.2 Å². The highest BCUT2D eigenvalue weighted by Crippen LogP contribution is 2.27. The number of ether oxygens (including phenoxy) is 1. The van der Waals surface area contributed by atoms with E-state index in [0.29, 0.717) is 0 Å². The average Bonchev–Trinajstić information content (AvgIpc) is 2.40. The van der Waals surface area contributed by atoms with Crippen LogP contribution in [0.5, 0.6) is 0 Å². The van der Waals surface area contributed by atoms with E-state index in [1.165, 1.54) is 0 Å². The van der Waals surface area contributed by atoms with Crippen molar-refractivity contribution < 1.29 is 66.1 Å². The van der Waals surface area contributed by atoms with Crippen LogP contribution in [0.2, 0.25) is 0 Å². The lowest BCUT2D eigenvalue weighted by atomic mass is 9.97. The van der Waals surface area contributed by atoms with Crippen LogP contribution in [0.3, 0.4) is 0 Å². The van der Waals surface area contributed by atoms with Crippen molar-refractivity contribution >= 4 is 37.1 Å². The molecule has 1 aliphatic heterocycles. The Morgan fingerprint density at radius 3 is 1.85 bits per heavy atom. The second-order valence-electron chi connectivity index (χ2n) is 4.98. The minimum Gasteiger partial charge on any atom is -0.366 e. The SMILES string of the molecule is CC(=O)NC1C(O)OC(COS(=O)(=O)O)C(OS(=O)(=O)O)C1OS(=O)(=O)O. The maximum absolute atomic E-state index is 11.2. The maximum atomic E-state index is 11.2. The number of rotatable bonds is 8. The molecule has 5 atom stereocenters. The smallest absolute Gasteiger partial charge is 0.366 e. The van der Waals surface area contributed by atoms with Crippen molar-refractivity contribution in [3.8, 4) is 0 Å². The van der Waals surface area contributed by atoms with E-state index < -0.39 is 74.4 Å². The highest BCUT2D eigenvalue weighted by atomic mass is 32.3. The number of nitrogens with one attached hydrogen (secondary N) is 1. The maximum Gasteiger partial charge on any atom is 0.397 e. The van der Waals surface area contributed by atoms with Crippen LogP contribution in [0.15, 0.2) is 0 Å². The van der Waals surface area contributed by atoms with Gasteiger partial charge in [-0.15, -0.1) is 0 Å². The zero-order chi connectivity index (χ0) is 21.2. The lowest BCUT2D eigenvalue weighted by Crippen LogP contribution is -2.66. The second kappa shape index (κ2) is 8.57. The zero-order valence-electron chi connectivity index (χ0n) is 13.1. The van der Waals surface area contributed by atoms with Crippen LogP contribution in [0.1, 0.15) is 6.92 Å².